The lowest BCUT2D eigenvalue weighted by Crippen LogP contribution is -2.24. The van der Waals surface area contributed by atoms with E-state index in [-0.39, 0.29) is 0 Å². The lowest BCUT2D eigenvalue weighted by atomic mass is 9.90. The first-order valence-corrected chi connectivity index (χ1v) is 22.1. The number of hydrogen-bond donors (Lipinski definition) is 0. The first-order valence-electron chi connectivity index (χ1n) is 20.4. The molecule has 5 nitrogen and oxygen atoms in total. The van der Waals surface area contributed by atoms with Gasteiger partial charge in [-0.1, -0.05) is 206 Å². The summed E-state index contributed by atoms with van der Waals surface area (Å²) in [5, 5.41) is 14.8. The molecule has 0 spiro atoms. The molecule has 0 aliphatic rings. The van der Waals surface area contributed by atoms with Crippen LogP contribution in [0.5, 0.6) is 0 Å². The van der Waals surface area contributed by atoms with Crippen molar-refractivity contribution in [2.24, 2.45) is 0 Å². The zero-order valence-electron chi connectivity index (χ0n) is 33.5. The van der Waals surface area contributed by atoms with E-state index >= 15 is 4.57 Å². The third-order valence-electron chi connectivity index (χ3n) is 11.3. The number of nitrogens with zero attached hydrogens (tertiary/aromatic N) is 4. The summed E-state index contributed by atoms with van der Waals surface area (Å²) in [7, 11) is -3.13. The summed E-state index contributed by atoms with van der Waals surface area (Å²) in [5.41, 5.74) is 9.28. The van der Waals surface area contributed by atoms with Crippen molar-refractivity contribution < 1.29 is 4.57 Å². The maximum absolute atomic E-state index is 15.0. The zero-order chi connectivity index (χ0) is 41.9. The van der Waals surface area contributed by atoms with E-state index in [0.29, 0.717) is 23.0 Å². The first-order chi connectivity index (χ1) is 30.5. The summed E-state index contributed by atoms with van der Waals surface area (Å²) in [6.45, 7) is 0. The maximum Gasteiger partial charge on any atom is 0.171 e. The lowest BCUT2D eigenvalue weighted by molar-refractivity contribution is 0.592. The van der Waals surface area contributed by atoms with Crippen LogP contribution in [0.4, 0.5) is 0 Å². The summed E-state index contributed by atoms with van der Waals surface area (Å²) in [6.07, 6.45) is 0. The summed E-state index contributed by atoms with van der Waals surface area (Å²) in [5.74, 6) is 1.85. The fourth-order valence-electron chi connectivity index (χ4n) is 8.14. The van der Waals surface area contributed by atoms with Gasteiger partial charge in [-0.15, -0.1) is 0 Å². The predicted octanol–water partition coefficient (Wildman–Crippen LogP) is 12.5. The molecule has 6 heteroatoms. The molecule has 0 fully saturated rings. The van der Waals surface area contributed by atoms with Gasteiger partial charge in [0.2, 0.25) is 0 Å². The molecule has 292 valence electrons. The molecule has 9 aromatic carbocycles. The second-order valence-corrected chi connectivity index (χ2v) is 17.8. The molecule has 0 atom stereocenters. The van der Waals surface area contributed by atoms with Crippen molar-refractivity contribution >= 4 is 33.8 Å². The number of hydrogen-bond acceptors (Lipinski definition) is 5. The summed E-state index contributed by atoms with van der Waals surface area (Å²) in [4.78, 5) is 14.7. The van der Waals surface area contributed by atoms with Gasteiger partial charge in [-0.25, -0.2) is 15.0 Å². The van der Waals surface area contributed by atoms with Crippen LogP contribution in [0, 0.1) is 11.3 Å². The molecule has 10 aromatic rings. The van der Waals surface area contributed by atoms with Gasteiger partial charge < -0.3 is 4.57 Å². The van der Waals surface area contributed by atoms with E-state index < -0.39 is 7.14 Å². The van der Waals surface area contributed by atoms with Gasteiger partial charge in [0.1, 0.15) is 0 Å². The maximum atomic E-state index is 15.0. The van der Waals surface area contributed by atoms with E-state index in [1.54, 1.807) is 0 Å². The van der Waals surface area contributed by atoms with Crippen molar-refractivity contribution in [1.82, 2.24) is 15.0 Å². The highest BCUT2D eigenvalue weighted by Gasteiger charge is 2.29. The monoisotopic (exact) mass is 812 g/mol. The zero-order valence-corrected chi connectivity index (χ0v) is 34.4. The van der Waals surface area contributed by atoms with Crippen LogP contribution >= 0.6 is 7.14 Å². The quantitative estimate of drug-likeness (QED) is 0.136. The SMILES string of the molecule is N#Cc1cc(-c2ccc(P(=O)(c3ccccc3)c3ccccc3)cc2)cc(-c2ccc(-c3ccc(-c4nc(-c5ccccc5)nc(-c5ccccc5)n4)cc3)c3ccccc23)c1. The Morgan fingerprint density at radius 1 is 0.339 bits per heavy atom. The Bertz CT molecular complexity index is 3200. The van der Waals surface area contributed by atoms with Gasteiger partial charge in [-0.3, -0.25) is 0 Å². The molecule has 0 bridgehead atoms. The molecule has 62 heavy (non-hydrogen) atoms. The van der Waals surface area contributed by atoms with E-state index in [1.807, 2.05) is 158 Å². The molecule has 0 saturated heterocycles. The summed E-state index contributed by atoms with van der Waals surface area (Å²) in [6, 6.07) is 76.8. The Morgan fingerprint density at radius 3 is 1.19 bits per heavy atom. The minimum Gasteiger partial charge on any atom is -0.309 e. The number of fused-ring (bicyclic) bond motifs is 1. The average molecular weight is 813 g/mol. The van der Waals surface area contributed by atoms with Crippen LogP contribution in [-0.4, -0.2) is 15.0 Å². The van der Waals surface area contributed by atoms with Gasteiger partial charge in [-0.2, -0.15) is 5.26 Å². The minimum absolute atomic E-state index is 0.564. The fourth-order valence-corrected chi connectivity index (χ4v) is 10.8. The number of rotatable bonds is 9. The molecule has 10 rings (SSSR count). The van der Waals surface area contributed by atoms with Crippen molar-refractivity contribution in [3.8, 4) is 73.6 Å². The largest absolute Gasteiger partial charge is 0.309 e. The molecule has 1 aromatic heterocycles. The Hall–Kier alpha value is -8.03. The Balaban J connectivity index is 0.999. The van der Waals surface area contributed by atoms with Crippen molar-refractivity contribution in [2.75, 3.05) is 0 Å². The van der Waals surface area contributed by atoms with E-state index in [2.05, 4.69) is 72.8 Å². The normalized spacial score (nSPS) is 11.3. The molecular formula is C56H37N4OP. The molecule has 1 heterocycles. The van der Waals surface area contributed by atoms with Gasteiger partial charge in [0.25, 0.3) is 0 Å². The minimum atomic E-state index is -3.13. The Kier molecular flexibility index (Phi) is 10.2. The molecule has 0 N–H and O–H groups in total. The van der Waals surface area contributed by atoms with Gasteiger partial charge >= 0.3 is 0 Å². The molecule has 0 radical (unpaired) electrons. The van der Waals surface area contributed by atoms with Crippen LogP contribution in [0.15, 0.2) is 224 Å². The molecule has 0 unspecified atom stereocenters. The average Bonchev–Trinajstić information content (AvgIpc) is 3.36. The highest BCUT2D eigenvalue weighted by molar-refractivity contribution is 7.85. The predicted molar refractivity (Wildman–Crippen MR) is 254 cm³/mol. The third-order valence-corrected chi connectivity index (χ3v) is 14.3. The highest BCUT2D eigenvalue weighted by atomic mass is 31.2. The highest BCUT2D eigenvalue weighted by Crippen LogP contribution is 2.43. The van der Waals surface area contributed by atoms with Crippen LogP contribution < -0.4 is 15.9 Å². The number of aromatic nitrogens is 3. The van der Waals surface area contributed by atoms with Crippen LogP contribution in [0.2, 0.25) is 0 Å². The van der Waals surface area contributed by atoms with Crippen LogP contribution in [0.1, 0.15) is 5.56 Å². The van der Waals surface area contributed by atoms with Gasteiger partial charge in [0, 0.05) is 32.6 Å². The van der Waals surface area contributed by atoms with Gasteiger partial charge in [-0.05, 0) is 62.4 Å². The molecular weight excluding hydrogens is 776 g/mol. The number of benzene rings is 9. The molecule has 0 aliphatic heterocycles. The van der Waals surface area contributed by atoms with Crippen LogP contribution in [0.25, 0.3) is 78.3 Å². The third kappa shape index (κ3) is 7.30. The van der Waals surface area contributed by atoms with E-state index in [0.717, 1.165) is 76.8 Å². The second kappa shape index (κ2) is 16.6. The van der Waals surface area contributed by atoms with E-state index in [1.165, 1.54) is 0 Å². The summed E-state index contributed by atoms with van der Waals surface area (Å²) < 4.78 is 15.0. The lowest BCUT2D eigenvalue weighted by Gasteiger charge is -2.20. The molecule has 0 amide bonds. The van der Waals surface area contributed by atoms with E-state index in [9.17, 15) is 5.26 Å². The second-order valence-electron chi connectivity index (χ2n) is 15.1. The van der Waals surface area contributed by atoms with Crippen LogP contribution in [-0.2, 0) is 4.57 Å². The standard InChI is InChI=1S/C56H37N4OP/c57-38-39-35-45(40-29-31-49(32-30-40)62(61,47-19-9-3-10-20-47)48-21-11-4-12-22-48)37-46(36-39)51-34-33-50(52-23-13-14-24-53(51)52)41-25-27-44(28-26-41)56-59-54(42-15-5-1-6-16-42)58-55(60-56)43-17-7-2-8-18-43/h1-37H. The molecule has 0 aliphatic carbocycles. The van der Waals surface area contributed by atoms with Gasteiger partial charge in [0.15, 0.2) is 24.6 Å². The van der Waals surface area contributed by atoms with Crippen LogP contribution in [0.3, 0.4) is 0 Å². The van der Waals surface area contributed by atoms with Gasteiger partial charge in [0.05, 0.1) is 11.6 Å². The Morgan fingerprint density at radius 2 is 0.710 bits per heavy atom. The van der Waals surface area contributed by atoms with E-state index in [4.69, 9.17) is 15.0 Å². The van der Waals surface area contributed by atoms with Crippen molar-refractivity contribution in [2.45, 2.75) is 0 Å². The Labute approximate surface area is 360 Å². The number of nitriles is 1. The topological polar surface area (TPSA) is 79.5 Å². The van der Waals surface area contributed by atoms with Crippen molar-refractivity contribution in [3.63, 3.8) is 0 Å². The van der Waals surface area contributed by atoms with Crippen molar-refractivity contribution in [3.05, 3.63) is 230 Å². The van der Waals surface area contributed by atoms with Crippen molar-refractivity contribution in [1.29, 1.82) is 5.26 Å². The summed E-state index contributed by atoms with van der Waals surface area (Å²) >= 11 is 0. The molecule has 0 saturated carbocycles. The first kappa shape index (κ1) is 38.2. The smallest absolute Gasteiger partial charge is 0.171 e. The fraction of sp³-hybridized carbons (Fsp3) is 0.